The van der Waals surface area contributed by atoms with Gasteiger partial charge in [0.2, 0.25) is 0 Å². The molecule has 0 bridgehead atoms. The number of ether oxygens (including phenoxy) is 1. The van der Waals surface area contributed by atoms with E-state index in [1.807, 2.05) is 0 Å². The minimum Gasteiger partial charge on any atom is -0.349 e. The van der Waals surface area contributed by atoms with Crippen LogP contribution in [-0.2, 0) is 24.0 Å². The number of H-pyrrole nitrogens is 1. The van der Waals surface area contributed by atoms with Crippen molar-refractivity contribution in [3.8, 4) is 0 Å². The van der Waals surface area contributed by atoms with Crippen molar-refractivity contribution in [2.24, 2.45) is 0 Å². The maximum atomic E-state index is 12.6. The third-order valence-electron chi connectivity index (χ3n) is 3.20. The fourth-order valence-corrected chi connectivity index (χ4v) is 2.49. The number of nitrogens with one attached hydrogen (secondary N) is 1. The molecule has 1 unspecified atom stereocenters. The van der Waals surface area contributed by atoms with E-state index in [1.54, 1.807) is 0 Å². The molecule has 1 N–H and O–H groups in total. The van der Waals surface area contributed by atoms with Crippen LogP contribution in [0.5, 0.6) is 0 Å². The molecule has 22 heavy (non-hydrogen) atoms. The zero-order valence-electron chi connectivity index (χ0n) is 11.8. The lowest BCUT2D eigenvalue weighted by Gasteiger charge is -2.16. The fraction of sp³-hybridized carbons (Fsp3) is 0.636. The second-order valence-corrected chi connectivity index (χ2v) is 6.60. The maximum absolute atomic E-state index is 12.6. The van der Waals surface area contributed by atoms with Crippen LogP contribution >= 0.6 is 0 Å². The topological polar surface area (TPSA) is 117 Å². The Morgan fingerprint density at radius 3 is 2.77 bits per heavy atom. The molecule has 9 nitrogen and oxygen atoms in total. The van der Waals surface area contributed by atoms with Gasteiger partial charge in [-0.1, -0.05) is 0 Å². The molecule has 1 fully saturated rings. The third-order valence-corrected chi connectivity index (χ3v) is 3.76. The van der Waals surface area contributed by atoms with Gasteiger partial charge in [0.15, 0.2) is 0 Å². The Morgan fingerprint density at radius 1 is 1.50 bits per heavy atom. The number of nitrogens with zero attached hydrogens (tertiary/aromatic N) is 1. The van der Waals surface area contributed by atoms with E-state index in [1.165, 1.54) is 13.1 Å². The first-order valence-electron chi connectivity index (χ1n) is 6.30. The van der Waals surface area contributed by atoms with E-state index in [2.05, 4.69) is 14.1 Å². The summed E-state index contributed by atoms with van der Waals surface area (Å²) < 4.78 is 45.6. The van der Waals surface area contributed by atoms with Crippen LogP contribution in [0.15, 0.2) is 15.8 Å². The number of aryl methyl sites for hydroxylation is 1. The smallest absolute Gasteiger partial charge is 0.330 e. The molecule has 1 aromatic heterocycles. The van der Waals surface area contributed by atoms with Gasteiger partial charge in [-0.15, -0.1) is 0 Å². The van der Waals surface area contributed by atoms with Crippen LogP contribution in [-0.4, -0.2) is 43.0 Å². The van der Waals surface area contributed by atoms with Gasteiger partial charge in [-0.3, -0.25) is 18.5 Å². The molecule has 0 aliphatic carbocycles. The second-order valence-electron chi connectivity index (χ2n) is 4.96. The lowest BCUT2D eigenvalue weighted by atomic mass is 10.2. The van der Waals surface area contributed by atoms with Crippen LogP contribution < -0.4 is 11.2 Å². The molecular formula is C11H15FN2O7S. The van der Waals surface area contributed by atoms with Crippen molar-refractivity contribution in [2.45, 2.75) is 31.8 Å². The fourth-order valence-electron chi connectivity index (χ4n) is 2.11. The van der Waals surface area contributed by atoms with Gasteiger partial charge in [0.05, 0.1) is 12.9 Å². The third kappa shape index (κ3) is 3.80. The summed E-state index contributed by atoms with van der Waals surface area (Å²) in [4.78, 5) is 28.9. The minimum atomic E-state index is -3.72. The van der Waals surface area contributed by atoms with Gasteiger partial charge in [-0.25, -0.2) is 4.79 Å². The Morgan fingerprint density at radius 2 is 2.18 bits per heavy atom. The molecule has 124 valence electrons. The van der Waals surface area contributed by atoms with Crippen LogP contribution in [0.1, 0.15) is 18.2 Å². The highest BCUT2D eigenvalue weighted by molar-refractivity contribution is 7.85. The Hall–Kier alpha value is -1.56. The monoisotopic (exact) mass is 338 g/mol. The van der Waals surface area contributed by atoms with Gasteiger partial charge in [-0.2, -0.15) is 13.4 Å². The Labute approximate surface area is 124 Å². The van der Waals surface area contributed by atoms with Crippen molar-refractivity contribution in [3.05, 3.63) is 32.6 Å². The van der Waals surface area contributed by atoms with E-state index >= 15 is 0 Å². The molecule has 3 atom stereocenters. The van der Waals surface area contributed by atoms with Crippen molar-refractivity contribution in [1.29, 1.82) is 0 Å². The van der Waals surface area contributed by atoms with Crippen LogP contribution in [0.4, 0.5) is 4.53 Å². The van der Waals surface area contributed by atoms with E-state index in [0.717, 1.165) is 10.8 Å². The molecule has 1 aromatic rings. The zero-order chi connectivity index (χ0) is 16.5. The molecule has 0 amide bonds. The van der Waals surface area contributed by atoms with Gasteiger partial charge in [0, 0.05) is 18.2 Å². The molecule has 0 saturated carbocycles. The summed E-state index contributed by atoms with van der Waals surface area (Å²) in [6, 6.07) is 0. The van der Waals surface area contributed by atoms with Crippen molar-refractivity contribution in [1.82, 2.24) is 9.55 Å². The predicted octanol–water partition coefficient (Wildman–Crippen LogP) is -0.622. The first-order valence-corrected chi connectivity index (χ1v) is 8.12. The first kappa shape index (κ1) is 16.8. The maximum Gasteiger partial charge on any atom is 0.330 e. The summed E-state index contributed by atoms with van der Waals surface area (Å²) in [5, 5.41) is 0. The van der Waals surface area contributed by atoms with Crippen LogP contribution in [0.3, 0.4) is 0 Å². The SMILES string of the molecule is Cc1cn([C@H]2CC(OF)[C@@H](COS(C)(=O)=O)O2)c(=O)[nH]c1=O. The van der Waals surface area contributed by atoms with E-state index in [0.29, 0.717) is 0 Å². The molecule has 1 aliphatic heterocycles. The molecule has 2 heterocycles. The van der Waals surface area contributed by atoms with Crippen molar-refractivity contribution in [2.75, 3.05) is 12.9 Å². The number of hydrogen-bond acceptors (Lipinski definition) is 7. The molecule has 1 aliphatic rings. The van der Waals surface area contributed by atoms with E-state index in [-0.39, 0.29) is 12.0 Å². The first-order chi connectivity index (χ1) is 10.2. The molecular weight excluding hydrogens is 323 g/mol. The average molecular weight is 338 g/mol. The van der Waals surface area contributed by atoms with Gasteiger partial charge in [-0.05, 0) is 11.4 Å². The van der Waals surface area contributed by atoms with E-state index < -0.39 is 46.4 Å². The Kier molecular flexibility index (Phi) is 4.80. The molecule has 2 rings (SSSR count). The van der Waals surface area contributed by atoms with Crippen molar-refractivity contribution >= 4 is 10.1 Å². The summed E-state index contributed by atoms with van der Waals surface area (Å²) in [5.74, 6) is 0. The molecule has 1 saturated heterocycles. The summed E-state index contributed by atoms with van der Waals surface area (Å²) in [5.41, 5.74) is -0.978. The number of hydrogen-bond donors (Lipinski definition) is 1. The number of aromatic nitrogens is 2. The van der Waals surface area contributed by atoms with Crippen LogP contribution in [0.25, 0.3) is 0 Å². The predicted molar refractivity (Wildman–Crippen MR) is 71.4 cm³/mol. The normalized spacial score (nSPS) is 25.5. The highest BCUT2D eigenvalue weighted by Gasteiger charge is 2.39. The minimum absolute atomic E-state index is 0.0420. The summed E-state index contributed by atoms with van der Waals surface area (Å²) in [6.45, 7) is 1.05. The zero-order valence-corrected chi connectivity index (χ0v) is 12.6. The standard InChI is InChI=1S/C11H15FN2O7S/c1-6-4-14(11(16)13-10(6)15)9-3-7(21-12)8(20-9)5-19-22(2,17)18/h4,7-9H,3,5H2,1-2H3,(H,13,15,16)/t7?,8-,9-/m1/s1. The largest absolute Gasteiger partial charge is 0.349 e. The van der Waals surface area contributed by atoms with Gasteiger partial charge >= 0.3 is 5.69 Å². The second kappa shape index (κ2) is 6.28. The van der Waals surface area contributed by atoms with Crippen molar-refractivity contribution < 1.29 is 26.8 Å². The lowest BCUT2D eigenvalue weighted by Crippen LogP contribution is -2.33. The molecule has 0 radical (unpaired) electrons. The number of aromatic amines is 1. The van der Waals surface area contributed by atoms with Gasteiger partial charge < -0.3 is 4.74 Å². The quantitative estimate of drug-likeness (QED) is 0.711. The van der Waals surface area contributed by atoms with E-state index in [9.17, 15) is 22.5 Å². The lowest BCUT2D eigenvalue weighted by molar-refractivity contribution is -0.196. The molecule has 0 aromatic carbocycles. The van der Waals surface area contributed by atoms with E-state index in [4.69, 9.17) is 4.74 Å². The number of halogens is 1. The van der Waals surface area contributed by atoms with Crippen LogP contribution in [0, 0.1) is 6.92 Å². The van der Waals surface area contributed by atoms with Crippen molar-refractivity contribution in [3.63, 3.8) is 0 Å². The highest BCUT2D eigenvalue weighted by Crippen LogP contribution is 2.30. The Bertz CT molecular complexity index is 756. The Balaban J connectivity index is 2.20. The average Bonchev–Trinajstić information content (AvgIpc) is 2.83. The summed E-state index contributed by atoms with van der Waals surface area (Å²) in [7, 11) is -3.72. The summed E-state index contributed by atoms with van der Waals surface area (Å²) >= 11 is 0. The molecule has 0 spiro atoms. The van der Waals surface area contributed by atoms with Gasteiger partial charge in [0.25, 0.3) is 15.7 Å². The van der Waals surface area contributed by atoms with Crippen LogP contribution in [0.2, 0.25) is 0 Å². The summed E-state index contributed by atoms with van der Waals surface area (Å²) in [6.07, 6.45) is -0.923. The van der Waals surface area contributed by atoms with Gasteiger partial charge in [0.1, 0.15) is 18.4 Å². The highest BCUT2D eigenvalue weighted by atomic mass is 32.2. The molecule has 11 heteroatoms. The number of rotatable bonds is 5.